The molecule has 0 radical (unpaired) electrons. The minimum absolute atomic E-state index is 0. The van der Waals surface area contributed by atoms with Gasteiger partial charge in [0.1, 0.15) is 16.8 Å². The third-order valence-corrected chi connectivity index (χ3v) is 6.84. The SMILES string of the molecule is CC(C)(Oc1ccc(Cl)cc1)C(=O)Nc1sc2c(c1C#N)CCN(Cc1ccccc1)C2.Cl. The molecule has 5 nitrogen and oxygen atoms in total. The first-order chi connectivity index (χ1) is 15.4. The molecule has 33 heavy (non-hydrogen) atoms. The van der Waals surface area contributed by atoms with Crippen molar-refractivity contribution in [3.8, 4) is 11.8 Å². The van der Waals surface area contributed by atoms with Gasteiger partial charge in [-0.15, -0.1) is 23.7 Å². The van der Waals surface area contributed by atoms with E-state index in [4.69, 9.17) is 16.3 Å². The Morgan fingerprint density at radius 1 is 1.21 bits per heavy atom. The fourth-order valence-corrected chi connectivity index (χ4v) is 5.10. The number of rotatable bonds is 6. The molecule has 2 heterocycles. The number of benzene rings is 2. The molecule has 0 spiro atoms. The summed E-state index contributed by atoms with van der Waals surface area (Å²) in [5, 5.41) is 13.9. The highest BCUT2D eigenvalue weighted by atomic mass is 35.5. The molecule has 0 aliphatic carbocycles. The van der Waals surface area contributed by atoms with Crippen molar-refractivity contribution in [1.82, 2.24) is 4.90 Å². The van der Waals surface area contributed by atoms with Crippen LogP contribution in [0, 0.1) is 11.3 Å². The van der Waals surface area contributed by atoms with Crippen molar-refractivity contribution >= 4 is 46.3 Å². The first-order valence-electron chi connectivity index (χ1n) is 10.4. The average Bonchev–Trinajstić information content (AvgIpc) is 3.12. The van der Waals surface area contributed by atoms with Crippen LogP contribution in [0.25, 0.3) is 0 Å². The molecule has 0 atom stereocenters. The maximum atomic E-state index is 13.0. The second-order valence-electron chi connectivity index (χ2n) is 8.29. The van der Waals surface area contributed by atoms with E-state index < -0.39 is 5.60 Å². The largest absolute Gasteiger partial charge is 0.478 e. The smallest absolute Gasteiger partial charge is 0.268 e. The maximum Gasteiger partial charge on any atom is 0.268 e. The summed E-state index contributed by atoms with van der Waals surface area (Å²) in [6, 6.07) is 19.5. The van der Waals surface area contributed by atoms with Crippen LogP contribution < -0.4 is 10.1 Å². The lowest BCUT2D eigenvalue weighted by Crippen LogP contribution is -2.42. The molecule has 4 rings (SSSR count). The normalized spacial score (nSPS) is 13.4. The van der Waals surface area contributed by atoms with Gasteiger partial charge in [-0.2, -0.15) is 5.26 Å². The number of fused-ring (bicyclic) bond motifs is 1. The highest BCUT2D eigenvalue weighted by Gasteiger charge is 2.32. The van der Waals surface area contributed by atoms with E-state index in [9.17, 15) is 10.1 Å². The number of carbonyl (C=O) groups is 1. The van der Waals surface area contributed by atoms with Crippen molar-refractivity contribution in [2.45, 2.75) is 39.0 Å². The van der Waals surface area contributed by atoms with Crippen LogP contribution in [-0.2, 0) is 24.3 Å². The molecular weight excluding hydrogens is 477 g/mol. The fourth-order valence-electron chi connectivity index (χ4n) is 3.74. The summed E-state index contributed by atoms with van der Waals surface area (Å²) in [4.78, 5) is 16.5. The summed E-state index contributed by atoms with van der Waals surface area (Å²) in [5.74, 6) is 0.251. The molecule has 0 saturated heterocycles. The van der Waals surface area contributed by atoms with Crippen LogP contribution in [0.5, 0.6) is 5.75 Å². The Hall–Kier alpha value is -2.56. The van der Waals surface area contributed by atoms with Gasteiger partial charge in [0, 0.05) is 29.5 Å². The fraction of sp³-hybridized carbons (Fsp3) is 0.280. The summed E-state index contributed by atoms with van der Waals surface area (Å²) in [7, 11) is 0. The molecule has 0 unspecified atom stereocenters. The summed E-state index contributed by atoms with van der Waals surface area (Å²) < 4.78 is 5.89. The van der Waals surface area contributed by atoms with Gasteiger partial charge in [-0.25, -0.2) is 0 Å². The van der Waals surface area contributed by atoms with Gasteiger partial charge >= 0.3 is 0 Å². The lowest BCUT2D eigenvalue weighted by atomic mass is 10.0. The van der Waals surface area contributed by atoms with Crippen molar-refractivity contribution in [3.05, 3.63) is 81.2 Å². The number of ether oxygens (including phenoxy) is 1. The van der Waals surface area contributed by atoms with Gasteiger partial charge in [-0.05, 0) is 55.7 Å². The van der Waals surface area contributed by atoms with Crippen LogP contribution in [0.4, 0.5) is 5.00 Å². The molecule has 1 N–H and O–H groups in total. The number of nitriles is 1. The lowest BCUT2D eigenvalue weighted by molar-refractivity contribution is -0.128. The van der Waals surface area contributed by atoms with Gasteiger partial charge in [0.15, 0.2) is 5.60 Å². The Morgan fingerprint density at radius 3 is 2.58 bits per heavy atom. The monoisotopic (exact) mass is 501 g/mol. The number of nitrogens with one attached hydrogen (secondary N) is 1. The van der Waals surface area contributed by atoms with E-state index in [0.29, 0.717) is 21.3 Å². The molecular formula is C25H25Cl2N3O2S. The number of amides is 1. The van der Waals surface area contributed by atoms with Crippen LogP contribution in [0.2, 0.25) is 5.02 Å². The molecule has 1 amide bonds. The predicted molar refractivity (Wildman–Crippen MR) is 135 cm³/mol. The van der Waals surface area contributed by atoms with Gasteiger partial charge in [0.25, 0.3) is 5.91 Å². The molecule has 0 bridgehead atoms. The number of thiophene rings is 1. The Labute approximate surface area is 209 Å². The number of anilines is 1. The summed E-state index contributed by atoms with van der Waals surface area (Å²) in [6.07, 6.45) is 0.794. The first-order valence-corrected chi connectivity index (χ1v) is 11.6. The van der Waals surface area contributed by atoms with Crippen molar-refractivity contribution < 1.29 is 9.53 Å². The van der Waals surface area contributed by atoms with Crippen molar-refractivity contribution in [2.24, 2.45) is 0 Å². The Morgan fingerprint density at radius 2 is 1.91 bits per heavy atom. The van der Waals surface area contributed by atoms with Gasteiger partial charge in [-0.1, -0.05) is 41.9 Å². The molecule has 1 aliphatic heterocycles. The highest BCUT2D eigenvalue weighted by molar-refractivity contribution is 7.16. The lowest BCUT2D eigenvalue weighted by Gasteiger charge is -2.26. The molecule has 8 heteroatoms. The van der Waals surface area contributed by atoms with E-state index in [0.717, 1.165) is 36.5 Å². The zero-order valence-corrected chi connectivity index (χ0v) is 20.8. The predicted octanol–water partition coefficient (Wildman–Crippen LogP) is 6.05. The van der Waals surface area contributed by atoms with E-state index in [2.05, 4.69) is 28.4 Å². The van der Waals surface area contributed by atoms with Gasteiger partial charge in [0.2, 0.25) is 0 Å². The minimum Gasteiger partial charge on any atom is -0.478 e. The molecule has 1 aliphatic rings. The minimum atomic E-state index is -1.12. The first kappa shape index (κ1) is 25.1. The van der Waals surface area contributed by atoms with Gasteiger partial charge < -0.3 is 10.1 Å². The van der Waals surface area contributed by atoms with Crippen molar-refractivity contribution in [2.75, 3.05) is 11.9 Å². The molecule has 3 aromatic rings. The molecule has 172 valence electrons. The molecule has 1 aromatic heterocycles. The van der Waals surface area contributed by atoms with Crippen LogP contribution >= 0.6 is 35.3 Å². The van der Waals surface area contributed by atoms with Gasteiger partial charge in [-0.3, -0.25) is 9.69 Å². The Kier molecular flexibility index (Phi) is 8.04. The van der Waals surface area contributed by atoms with Crippen LogP contribution in [0.1, 0.15) is 35.4 Å². The summed E-state index contributed by atoms with van der Waals surface area (Å²) in [5.41, 5.74) is 1.76. The Balaban J connectivity index is 0.00000306. The topological polar surface area (TPSA) is 65.4 Å². The maximum absolute atomic E-state index is 13.0. The van der Waals surface area contributed by atoms with Crippen molar-refractivity contribution in [1.29, 1.82) is 5.26 Å². The van der Waals surface area contributed by atoms with Crippen LogP contribution in [0.3, 0.4) is 0 Å². The average molecular weight is 502 g/mol. The van der Waals surface area contributed by atoms with E-state index in [-0.39, 0.29) is 18.3 Å². The van der Waals surface area contributed by atoms with E-state index >= 15 is 0 Å². The Bertz CT molecular complexity index is 1150. The summed E-state index contributed by atoms with van der Waals surface area (Å²) in [6.45, 7) is 5.93. The summed E-state index contributed by atoms with van der Waals surface area (Å²) >= 11 is 7.41. The van der Waals surface area contributed by atoms with Crippen LogP contribution in [-0.4, -0.2) is 23.0 Å². The number of halogens is 2. The number of hydrogen-bond acceptors (Lipinski definition) is 5. The van der Waals surface area contributed by atoms with E-state index in [1.807, 2.05) is 18.2 Å². The second kappa shape index (κ2) is 10.6. The van der Waals surface area contributed by atoms with Crippen LogP contribution in [0.15, 0.2) is 54.6 Å². The number of nitrogens with zero attached hydrogens (tertiary/aromatic N) is 2. The zero-order valence-electron chi connectivity index (χ0n) is 18.4. The van der Waals surface area contributed by atoms with E-state index in [1.165, 1.54) is 16.9 Å². The molecule has 2 aromatic carbocycles. The quantitative estimate of drug-likeness (QED) is 0.446. The van der Waals surface area contributed by atoms with E-state index in [1.54, 1.807) is 38.1 Å². The molecule has 0 fully saturated rings. The van der Waals surface area contributed by atoms with Gasteiger partial charge in [0.05, 0.1) is 5.56 Å². The number of carbonyl (C=O) groups excluding carboxylic acids is 1. The second-order valence-corrected chi connectivity index (χ2v) is 9.83. The third kappa shape index (κ3) is 5.87. The highest BCUT2D eigenvalue weighted by Crippen LogP contribution is 2.37. The zero-order chi connectivity index (χ0) is 22.7. The molecule has 0 saturated carbocycles. The third-order valence-electron chi connectivity index (χ3n) is 5.46. The number of hydrogen-bond donors (Lipinski definition) is 1. The van der Waals surface area contributed by atoms with Crippen molar-refractivity contribution in [3.63, 3.8) is 0 Å². The standard InChI is InChI=1S/C25H24ClN3O2S.ClH/c1-25(2,31-19-10-8-18(26)9-11-19)24(30)28-23-21(14-27)20-12-13-29(16-22(20)32-23)15-17-6-4-3-5-7-17;/h3-11H,12-13,15-16H2,1-2H3,(H,28,30);1H.